The zero-order valence-corrected chi connectivity index (χ0v) is 19.8. The molecular weight excluding hydrogens is 539 g/mol. The van der Waals surface area contributed by atoms with Crippen LogP contribution in [0.3, 0.4) is 0 Å². The van der Waals surface area contributed by atoms with Crippen molar-refractivity contribution >= 4 is 62.2 Å². The first-order chi connectivity index (χ1) is 15.6. The van der Waals surface area contributed by atoms with Gasteiger partial charge in [-0.05, 0) is 35.4 Å². The van der Waals surface area contributed by atoms with Gasteiger partial charge in [0.15, 0.2) is 0 Å². The molecule has 0 spiro atoms. The number of halogens is 1. The van der Waals surface area contributed by atoms with Crippen LogP contribution in [0.15, 0.2) is 79.1 Å². The first-order valence-corrected chi connectivity index (χ1v) is 12.3. The highest BCUT2D eigenvalue weighted by atomic mass is 127. The van der Waals surface area contributed by atoms with Crippen LogP contribution >= 0.6 is 22.6 Å². The smallest absolute Gasteiger partial charge is 0.266 e. The van der Waals surface area contributed by atoms with Crippen LogP contribution in [0.4, 0.5) is 11.4 Å². The van der Waals surface area contributed by atoms with Crippen molar-refractivity contribution in [1.82, 2.24) is 15.3 Å². The molecule has 1 unspecified atom stereocenters. The zero-order valence-electron chi connectivity index (χ0n) is 16.8. The minimum atomic E-state index is -2.46. The molecule has 9 heteroatoms. The number of hydrogen-bond acceptors (Lipinski definition) is 4. The van der Waals surface area contributed by atoms with Crippen molar-refractivity contribution < 1.29 is 13.6 Å². The lowest BCUT2D eigenvalue weighted by atomic mass is 10.1. The minimum Gasteiger partial charge on any atom is -0.348 e. The van der Waals surface area contributed by atoms with Gasteiger partial charge in [-0.3, -0.25) is 19.3 Å². The summed E-state index contributed by atoms with van der Waals surface area (Å²) in [5.41, 5.74) is 3.93. The molecule has 4 aromatic rings. The molecule has 1 heterocycles. The highest BCUT2D eigenvalue weighted by molar-refractivity contribution is 14.1. The molecule has 2 N–H and O–H groups in total. The van der Waals surface area contributed by atoms with Gasteiger partial charge in [-0.25, -0.2) is 8.51 Å². The highest BCUT2D eigenvalue weighted by Crippen LogP contribution is 2.35. The Bertz CT molecular complexity index is 1280. The molecule has 0 saturated carbocycles. The van der Waals surface area contributed by atoms with Gasteiger partial charge in [-0.1, -0.05) is 65.1 Å². The summed E-state index contributed by atoms with van der Waals surface area (Å²) in [5.74, 6) is -0.342. The summed E-state index contributed by atoms with van der Waals surface area (Å²) in [6, 6.07) is 20.0. The van der Waals surface area contributed by atoms with Crippen LogP contribution in [0.1, 0.15) is 21.5 Å². The Hall–Kier alpha value is -2.89. The Kier molecular flexibility index (Phi) is 7.08. The van der Waals surface area contributed by atoms with E-state index < -0.39 is 11.3 Å². The average molecular weight is 558 g/mol. The quantitative estimate of drug-likeness (QED) is 0.194. The Morgan fingerprint density at radius 1 is 0.969 bits per heavy atom. The predicted molar refractivity (Wildman–Crippen MR) is 134 cm³/mol. The third kappa shape index (κ3) is 4.79. The van der Waals surface area contributed by atoms with Crippen LogP contribution < -0.4 is 9.62 Å². The fraction of sp³-hybridized carbons (Fsp3) is 0.0870. The number of alkyl halides is 1. The number of fused-ring (bicyclic) bond motifs is 1. The maximum atomic E-state index is 13.1. The van der Waals surface area contributed by atoms with Gasteiger partial charge in [-0.15, -0.1) is 0 Å². The van der Waals surface area contributed by atoms with Crippen molar-refractivity contribution in [3.05, 3.63) is 95.8 Å². The van der Waals surface area contributed by atoms with Crippen molar-refractivity contribution in [1.29, 1.82) is 0 Å². The number of carbonyl (C=O) groups is 1. The summed E-state index contributed by atoms with van der Waals surface area (Å²) in [6.45, 7) is 0.342. The van der Waals surface area contributed by atoms with E-state index in [-0.39, 0.29) is 11.5 Å². The van der Waals surface area contributed by atoms with E-state index in [1.165, 1.54) is 10.5 Å². The van der Waals surface area contributed by atoms with Gasteiger partial charge < -0.3 is 5.32 Å². The molecule has 0 aliphatic rings. The Labute approximate surface area is 201 Å². The molecule has 32 heavy (non-hydrogen) atoms. The topological polar surface area (TPSA) is 95.4 Å². The van der Waals surface area contributed by atoms with E-state index in [2.05, 4.69) is 37.9 Å². The highest BCUT2D eigenvalue weighted by Gasteiger charge is 2.24. The lowest BCUT2D eigenvalue weighted by Gasteiger charge is -2.24. The van der Waals surface area contributed by atoms with Gasteiger partial charge >= 0.3 is 0 Å². The van der Waals surface area contributed by atoms with E-state index in [1.54, 1.807) is 36.5 Å². The van der Waals surface area contributed by atoms with Crippen molar-refractivity contribution in [3.8, 4) is 0 Å². The standard InChI is InChI=1S/C23H19IN4O3S/c24-14-17-9-10-18(23(29)27-15-16-5-2-1-3-6-16)21(13-17)28(32(30)31)20-8-4-7-19-22(20)26-12-11-25-19/h1-13H,14-15H2,(H,27,29)(H,30,31). The molecule has 3 aromatic carbocycles. The molecule has 1 aromatic heterocycles. The number of nitrogens with zero attached hydrogens (tertiary/aromatic N) is 3. The number of nitrogens with one attached hydrogen (secondary N) is 1. The van der Waals surface area contributed by atoms with Gasteiger partial charge in [0, 0.05) is 23.4 Å². The normalized spacial score (nSPS) is 11.8. The van der Waals surface area contributed by atoms with Crippen molar-refractivity contribution in [2.75, 3.05) is 4.31 Å². The summed E-state index contributed by atoms with van der Waals surface area (Å²) in [7, 11) is 0. The molecule has 4 rings (SSSR count). The van der Waals surface area contributed by atoms with Gasteiger partial charge in [0.1, 0.15) is 5.52 Å². The summed E-state index contributed by atoms with van der Waals surface area (Å²) in [4.78, 5) is 21.7. The Morgan fingerprint density at radius 2 is 1.75 bits per heavy atom. The molecule has 162 valence electrons. The van der Waals surface area contributed by atoms with E-state index in [1.807, 2.05) is 36.4 Å². The van der Waals surface area contributed by atoms with Gasteiger partial charge in [0.2, 0.25) is 0 Å². The van der Waals surface area contributed by atoms with Crippen LogP contribution in [-0.2, 0) is 22.2 Å². The summed E-state index contributed by atoms with van der Waals surface area (Å²) in [6.07, 6.45) is 3.09. The Balaban J connectivity index is 1.79. The number of anilines is 2. The molecule has 0 fully saturated rings. The predicted octanol–water partition coefficient (Wildman–Crippen LogP) is 4.77. The number of aromatic nitrogens is 2. The summed E-state index contributed by atoms with van der Waals surface area (Å²) < 4.78 is 24.7. The molecular formula is C23H19IN4O3S. The van der Waals surface area contributed by atoms with Crippen LogP contribution in [0.2, 0.25) is 0 Å². The summed E-state index contributed by atoms with van der Waals surface area (Å²) >= 11 is -0.242. The second-order valence-electron chi connectivity index (χ2n) is 6.88. The maximum Gasteiger partial charge on any atom is 0.266 e. The van der Waals surface area contributed by atoms with E-state index in [9.17, 15) is 13.6 Å². The number of para-hydroxylation sites is 1. The molecule has 0 saturated heterocycles. The molecule has 1 atom stereocenters. The minimum absolute atomic E-state index is 0.290. The SMILES string of the molecule is O=C(NCc1ccccc1)c1ccc(CI)cc1N(c1cccc2nccnc12)S(=O)O. The first kappa shape index (κ1) is 22.3. The largest absolute Gasteiger partial charge is 0.348 e. The van der Waals surface area contributed by atoms with E-state index in [0.29, 0.717) is 33.4 Å². The molecule has 0 aliphatic carbocycles. The number of carbonyl (C=O) groups excluding carboxylic acids is 1. The lowest BCUT2D eigenvalue weighted by molar-refractivity contribution is 0.0951. The van der Waals surface area contributed by atoms with E-state index in [0.717, 1.165) is 11.1 Å². The first-order valence-electron chi connectivity index (χ1n) is 9.70. The molecule has 0 aliphatic heterocycles. The number of rotatable bonds is 7. The average Bonchev–Trinajstić information content (AvgIpc) is 2.83. The zero-order chi connectivity index (χ0) is 22.5. The van der Waals surface area contributed by atoms with Crippen LogP contribution in [0.25, 0.3) is 11.0 Å². The molecule has 1 amide bonds. The van der Waals surface area contributed by atoms with Gasteiger partial charge in [0.05, 0.1) is 22.5 Å². The van der Waals surface area contributed by atoms with E-state index >= 15 is 0 Å². The van der Waals surface area contributed by atoms with Crippen molar-refractivity contribution in [2.24, 2.45) is 0 Å². The molecule has 0 bridgehead atoms. The van der Waals surface area contributed by atoms with Gasteiger partial charge in [0.25, 0.3) is 17.2 Å². The Morgan fingerprint density at radius 3 is 2.50 bits per heavy atom. The van der Waals surface area contributed by atoms with E-state index in [4.69, 9.17) is 0 Å². The fourth-order valence-electron chi connectivity index (χ4n) is 3.33. The second kappa shape index (κ2) is 10.2. The second-order valence-corrected chi connectivity index (χ2v) is 8.47. The third-order valence-electron chi connectivity index (χ3n) is 4.83. The van der Waals surface area contributed by atoms with Crippen molar-refractivity contribution in [2.45, 2.75) is 11.0 Å². The van der Waals surface area contributed by atoms with Crippen LogP contribution in [0, 0.1) is 0 Å². The monoisotopic (exact) mass is 558 g/mol. The fourth-order valence-corrected chi connectivity index (χ4v) is 4.44. The lowest BCUT2D eigenvalue weighted by Crippen LogP contribution is -2.27. The summed E-state index contributed by atoms with van der Waals surface area (Å²) in [5, 5.41) is 2.90. The molecule has 7 nitrogen and oxygen atoms in total. The molecule has 0 radical (unpaired) electrons. The number of hydrogen-bond donors (Lipinski definition) is 2. The van der Waals surface area contributed by atoms with Gasteiger partial charge in [-0.2, -0.15) is 0 Å². The maximum absolute atomic E-state index is 13.1. The van der Waals surface area contributed by atoms with Crippen molar-refractivity contribution in [3.63, 3.8) is 0 Å². The van der Waals surface area contributed by atoms with Crippen LogP contribution in [-0.4, -0.2) is 24.6 Å². The third-order valence-corrected chi connectivity index (χ3v) is 6.41. The number of benzene rings is 3. The number of amides is 1. The van der Waals surface area contributed by atoms with Crippen LogP contribution in [0.5, 0.6) is 0 Å².